The molecule has 0 radical (unpaired) electrons. The van der Waals surface area contributed by atoms with Gasteiger partial charge in [0, 0.05) is 11.8 Å². The molecule has 0 aliphatic carbocycles. The maximum Gasteiger partial charge on any atom is 0.333 e. The molecular weight excluding hydrogens is 336 g/mol. The minimum Gasteiger partial charge on any atom is -0.497 e. The van der Waals surface area contributed by atoms with E-state index in [1.807, 2.05) is 91.1 Å². The summed E-state index contributed by atoms with van der Waals surface area (Å²) in [7, 11) is 1.63. The van der Waals surface area contributed by atoms with Crippen LogP contribution in [-0.2, 0) is 6.54 Å². The second-order valence-corrected chi connectivity index (χ2v) is 6.31. The van der Waals surface area contributed by atoms with E-state index in [1.165, 1.54) is 0 Å². The normalized spacial score (nSPS) is 10.7. The Hall–Kier alpha value is -3.53. The third-order valence-electron chi connectivity index (χ3n) is 4.55. The molecule has 1 heterocycles. The van der Waals surface area contributed by atoms with Crippen LogP contribution in [-0.4, -0.2) is 16.2 Å². The van der Waals surface area contributed by atoms with Gasteiger partial charge in [-0.1, -0.05) is 60.7 Å². The zero-order valence-electron chi connectivity index (χ0n) is 15.1. The van der Waals surface area contributed by atoms with Crippen LogP contribution in [0.4, 0.5) is 0 Å². The predicted molar refractivity (Wildman–Crippen MR) is 108 cm³/mol. The van der Waals surface area contributed by atoms with Gasteiger partial charge in [0.15, 0.2) is 0 Å². The number of aromatic nitrogens is 2. The molecule has 0 atom stereocenters. The van der Waals surface area contributed by atoms with Gasteiger partial charge >= 0.3 is 5.69 Å². The average molecular weight is 356 g/mol. The van der Waals surface area contributed by atoms with E-state index in [2.05, 4.69) is 0 Å². The molecule has 27 heavy (non-hydrogen) atoms. The molecule has 134 valence electrons. The fourth-order valence-electron chi connectivity index (χ4n) is 3.18. The lowest BCUT2D eigenvalue weighted by Crippen LogP contribution is -2.23. The van der Waals surface area contributed by atoms with Crippen LogP contribution in [0.2, 0.25) is 0 Å². The molecule has 0 fully saturated rings. The van der Waals surface area contributed by atoms with Crippen molar-refractivity contribution in [2.45, 2.75) is 6.54 Å². The Labute approximate surface area is 157 Å². The number of methoxy groups -OCH3 is 1. The molecule has 4 nitrogen and oxygen atoms in total. The summed E-state index contributed by atoms with van der Waals surface area (Å²) in [6, 6.07) is 27.5. The molecule has 1 aromatic heterocycles. The summed E-state index contributed by atoms with van der Waals surface area (Å²) in [5.41, 5.74) is 3.69. The summed E-state index contributed by atoms with van der Waals surface area (Å²) in [4.78, 5) is 13.2. The van der Waals surface area contributed by atoms with E-state index in [0.717, 1.165) is 28.3 Å². The van der Waals surface area contributed by atoms with Crippen molar-refractivity contribution in [3.8, 4) is 22.7 Å². The summed E-state index contributed by atoms with van der Waals surface area (Å²) < 4.78 is 8.74. The number of hydrogen-bond donors (Lipinski definition) is 0. The van der Waals surface area contributed by atoms with Gasteiger partial charge in [-0.15, -0.1) is 0 Å². The van der Waals surface area contributed by atoms with Gasteiger partial charge in [-0.05, 0) is 29.8 Å². The first-order valence-electron chi connectivity index (χ1n) is 8.82. The molecule has 0 aliphatic heterocycles. The molecule has 0 bridgehead atoms. The van der Waals surface area contributed by atoms with Gasteiger partial charge in [0.2, 0.25) is 0 Å². The molecule has 0 unspecified atom stereocenters. The van der Waals surface area contributed by atoms with Crippen LogP contribution in [0.5, 0.6) is 5.75 Å². The van der Waals surface area contributed by atoms with E-state index in [4.69, 9.17) is 4.74 Å². The summed E-state index contributed by atoms with van der Waals surface area (Å²) in [5.74, 6) is 0.761. The second-order valence-electron chi connectivity index (χ2n) is 6.31. The highest BCUT2D eigenvalue weighted by Gasteiger charge is 2.15. The number of rotatable bonds is 5. The Morgan fingerprint density at radius 1 is 0.815 bits per heavy atom. The SMILES string of the molecule is COc1ccc(-n2c(-c3ccccc3)cn(Cc3ccccc3)c2=O)cc1. The van der Waals surface area contributed by atoms with Crippen molar-refractivity contribution >= 4 is 0 Å². The first kappa shape index (κ1) is 16.9. The molecule has 0 amide bonds. The molecule has 4 heteroatoms. The molecule has 0 aliphatic rings. The van der Waals surface area contributed by atoms with Gasteiger partial charge in [0.05, 0.1) is 25.0 Å². The van der Waals surface area contributed by atoms with E-state index in [0.29, 0.717) is 6.54 Å². The third-order valence-corrected chi connectivity index (χ3v) is 4.55. The van der Waals surface area contributed by atoms with Gasteiger partial charge in [0.25, 0.3) is 0 Å². The standard InChI is InChI=1S/C23H20N2O2/c1-27-21-14-12-20(13-15-21)25-22(19-10-6-3-7-11-19)17-24(23(25)26)16-18-8-4-2-5-9-18/h2-15,17H,16H2,1H3. The Morgan fingerprint density at radius 2 is 1.44 bits per heavy atom. The molecule has 4 aromatic rings. The minimum absolute atomic E-state index is 0.0668. The topological polar surface area (TPSA) is 36.2 Å². The van der Waals surface area contributed by atoms with Crippen molar-refractivity contribution < 1.29 is 4.74 Å². The second kappa shape index (κ2) is 7.38. The van der Waals surface area contributed by atoms with Crippen molar-refractivity contribution in [3.05, 3.63) is 107 Å². The lowest BCUT2D eigenvalue weighted by atomic mass is 10.1. The maximum absolute atomic E-state index is 13.2. The van der Waals surface area contributed by atoms with Crippen LogP contribution in [0.25, 0.3) is 16.9 Å². The summed E-state index contributed by atoms with van der Waals surface area (Å²) in [6.45, 7) is 0.530. The lowest BCUT2D eigenvalue weighted by Gasteiger charge is -2.08. The zero-order valence-corrected chi connectivity index (χ0v) is 15.1. The van der Waals surface area contributed by atoms with Crippen LogP contribution in [0, 0.1) is 0 Å². The number of benzene rings is 3. The highest BCUT2D eigenvalue weighted by Crippen LogP contribution is 2.23. The van der Waals surface area contributed by atoms with E-state index < -0.39 is 0 Å². The molecule has 0 saturated heterocycles. The largest absolute Gasteiger partial charge is 0.497 e. The predicted octanol–water partition coefficient (Wildman–Crippen LogP) is 4.36. The van der Waals surface area contributed by atoms with E-state index in [-0.39, 0.29) is 5.69 Å². The van der Waals surface area contributed by atoms with E-state index >= 15 is 0 Å². The lowest BCUT2D eigenvalue weighted by molar-refractivity contribution is 0.414. The quantitative estimate of drug-likeness (QED) is 0.533. The zero-order chi connectivity index (χ0) is 18.6. The molecular formula is C23H20N2O2. The van der Waals surface area contributed by atoms with Crippen LogP contribution >= 0.6 is 0 Å². The number of imidazole rings is 1. The third kappa shape index (κ3) is 3.42. The van der Waals surface area contributed by atoms with Gasteiger partial charge in [-0.3, -0.25) is 9.13 Å². The van der Waals surface area contributed by atoms with Crippen molar-refractivity contribution in [3.63, 3.8) is 0 Å². The molecule has 0 N–H and O–H groups in total. The summed E-state index contributed by atoms with van der Waals surface area (Å²) >= 11 is 0. The number of ether oxygens (including phenoxy) is 1. The molecule has 0 spiro atoms. The maximum atomic E-state index is 13.2. The minimum atomic E-state index is -0.0668. The Bertz CT molecular complexity index is 1080. The van der Waals surface area contributed by atoms with Gasteiger partial charge in [-0.2, -0.15) is 0 Å². The van der Waals surface area contributed by atoms with Crippen LogP contribution in [0.3, 0.4) is 0 Å². The highest BCUT2D eigenvalue weighted by atomic mass is 16.5. The van der Waals surface area contributed by atoms with Crippen LogP contribution in [0.15, 0.2) is 95.9 Å². The Kier molecular flexibility index (Phi) is 4.62. The van der Waals surface area contributed by atoms with Crippen LogP contribution < -0.4 is 10.4 Å². The van der Waals surface area contributed by atoms with Crippen molar-refractivity contribution in [1.82, 2.24) is 9.13 Å². The molecule has 0 saturated carbocycles. The van der Waals surface area contributed by atoms with Crippen molar-refractivity contribution in [1.29, 1.82) is 0 Å². The first-order valence-corrected chi connectivity index (χ1v) is 8.82. The van der Waals surface area contributed by atoms with Gasteiger partial charge in [0.1, 0.15) is 5.75 Å². The fourth-order valence-corrected chi connectivity index (χ4v) is 3.18. The van der Waals surface area contributed by atoms with Crippen molar-refractivity contribution in [2.24, 2.45) is 0 Å². The van der Waals surface area contributed by atoms with E-state index in [1.54, 1.807) is 16.2 Å². The van der Waals surface area contributed by atoms with Crippen LogP contribution in [0.1, 0.15) is 5.56 Å². The van der Waals surface area contributed by atoms with Crippen molar-refractivity contribution in [2.75, 3.05) is 7.11 Å². The fraction of sp³-hybridized carbons (Fsp3) is 0.0870. The van der Waals surface area contributed by atoms with Gasteiger partial charge < -0.3 is 4.74 Å². The Morgan fingerprint density at radius 3 is 2.07 bits per heavy atom. The van der Waals surface area contributed by atoms with Gasteiger partial charge in [-0.25, -0.2) is 4.79 Å². The molecule has 4 rings (SSSR count). The Balaban J connectivity index is 1.85. The average Bonchev–Trinajstić information content (AvgIpc) is 3.05. The summed E-state index contributed by atoms with van der Waals surface area (Å²) in [5, 5.41) is 0. The first-order chi connectivity index (χ1) is 13.3. The smallest absolute Gasteiger partial charge is 0.333 e. The number of nitrogens with zero attached hydrogens (tertiary/aromatic N) is 2. The monoisotopic (exact) mass is 356 g/mol. The summed E-state index contributed by atoms with van der Waals surface area (Å²) in [6.07, 6.45) is 1.93. The number of hydrogen-bond acceptors (Lipinski definition) is 2. The highest BCUT2D eigenvalue weighted by molar-refractivity contribution is 5.62. The molecule has 3 aromatic carbocycles. The van der Waals surface area contributed by atoms with E-state index in [9.17, 15) is 4.79 Å².